The first-order valence-electron chi connectivity index (χ1n) is 9.68. The maximum absolute atomic E-state index is 12.7. The number of anilines is 1. The van der Waals surface area contributed by atoms with Crippen molar-refractivity contribution in [2.24, 2.45) is 0 Å². The normalized spacial score (nSPS) is 15.8. The van der Waals surface area contributed by atoms with Gasteiger partial charge in [-0.05, 0) is 41.6 Å². The molecular formula is C23H21N3O3S. The maximum atomic E-state index is 12.7. The van der Waals surface area contributed by atoms with Gasteiger partial charge >= 0.3 is 0 Å². The number of nitrogens with zero attached hydrogens (tertiary/aromatic N) is 1. The first-order valence-corrected chi connectivity index (χ1v) is 10.6. The third-order valence-corrected chi connectivity index (χ3v) is 5.82. The highest BCUT2D eigenvalue weighted by Crippen LogP contribution is 2.18. The van der Waals surface area contributed by atoms with Crippen molar-refractivity contribution in [2.75, 3.05) is 11.9 Å². The zero-order chi connectivity index (χ0) is 20.9. The van der Waals surface area contributed by atoms with Crippen molar-refractivity contribution in [3.63, 3.8) is 0 Å². The van der Waals surface area contributed by atoms with Crippen LogP contribution in [-0.2, 0) is 11.3 Å². The van der Waals surface area contributed by atoms with E-state index in [2.05, 4.69) is 10.6 Å². The zero-order valence-corrected chi connectivity index (χ0v) is 17.0. The van der Waals surface area contributed by atoms with E-state index in [1.54, 1.807) is 35.2 Å². The van der Waals surface area contributed by atoms with E-state index in [1.807, 2.05) is 41.8 Å². The molecular weight excluding hydrogens is 398 g/mol. The quantitative estimate of drug-likeness (QED) is 0.642. The fraction of sp³-hybridized carbons (Fsp3) is 0.174. The standard InChI is InChI=1S/C23H21N3O3S/c27-21(17-8-4-9-18(14-17)24-22(28)20-10-5-13-30-20)25-19-11-12-26(23(19)29)15-16-6-2-1-3-7-16/h1-10,13-14,19H,11-12,15H2,(H,24,28)(H,25,27)/t19-/m0/s1. The van der Waals surface area contributed by atoms with Crippen LogP contribution >= 0.6 is 11.3 Å². The predicted octanol–water partition coefficient (Wildman–Crippen LogP) is 3.53. The minimum Gasteiger partial charge on any atom is -0.340 e. The van der Waals surface area contributed by atoms with Crippen molar-refractivity contribution >= 4 is 34.7 Å². The van der Waals surface area contributed by atoms with Gasteiger partial charge in [-0.1, -0.05) is 42.5 Å². The molecule has 1 aliphatic heterocycles. The second kappa shape index (κ2) is 8.92. The largest absolute Gasteiger partial charge is 0.340 e. The van der Waals surface area contributed by atoms with Crippen molar-refractivity contribution in [1.29, 1.82) is 0 Å². The molecule has 2 heterocycles. The maximum Gasteiger partial charge on any atom is 0.265 e. The Morgan fingerprint density at radius 3 is 2.60 bits per heavy atom. The molecule has 4 rings (SSSR count). The fourth-order valence-corrected chi connectivity index (χ4v) is 4.03. The van der Waals surface area contributed by atoms with E-state index in [-0.39, 0.29) is 17.7 Å². The Hall–Kier alpha value is -3.45. The molecule has 30 heavy (non-hydrogen) atoms. The van der Waals surface area contributed by atoms with E-state index in [0.717, 1.165) is 5.56 Å². The summed E-state index contributed by atoms with van der Waals surface area (Å²) in [6.07, 6.45) is 0.576. The van der Waals surface area contributed by atoms with Crippen LogP contribution in [0.2, 0.25) is 0 Å². The minimum absolute atomic E-state index is 0.0747. The van der Waals surface area contributed by atoms with Crippen molar-refractivity contribution in [2.45, 2.75) is 19.0 Å². The lowest BCUT2D eigenvalue weighted by Crippen LogP contribution is -2.41. The number of thiophene rings is 1. The van der Waals surface area contributed by atoms with Crippen LogP contribution in [0, 0.1) is 0 Å². The number of hydrogen-bond donors (Lipinski definition) is 2. The SMILES string of the molecule is O=C(N[C@H]1CCN(Cc2ccccc2)C1=O)c1cccc(NC(=O)c2cccs2)c1. The van der Waals surface area contributed by atoms with Gasteiger partial charge in [-0.25, -0.2) is 0 Å². The summed E-state index contributed by atoms with van der Waals surface area (Å²) >= 11 is 1.35. The highest BCUT2D eigenvalue weighted by atomic mass is 32.1. The summed E-state index contributed by atoms with van der Waals surface area (Å²) in [5.41, 5.74) is 1.99. The summed E-state index contributed by atoms with van der Waals surface area (Å²) in [5.74, 6) is -0.624. The van der Waals surface area contributed by atoms with E-state index in [4.69, 9.17) is 0 Å². The van der Waals surface area contributed by atoms with Crippen molar-refractivity contribution in [3.05, 3.63) is 88.1 Å². The lowest BCUT2D eigenvalue weighted by molar-refractivity contribution is -0.129. The van der Waals surface area contributed by atoms with Gasteiger partial charge in [0.15, 0.2) is 0 Å². The summed E-state index contributed by atoms with van der Waals surface area (Å²) in [4.78, 5) is 39.9. The zero-order valence-electron chi connectivity index (χ0n) is 16.2. The second-order valence-electron chi connectivity index (χ2n) is 7.07. The Kier molecular flexibility index (Phi) is 5.90. The van der Waals surface area contributed by atoms with Crippen LogP contribution in [-0.4, -0.2) is 35.2 Å². The van der Waals surface area contributed by atoms with E-state index in [1.165, 1.54) is 11.3 Å². The minimum atomic E-state index is -0.537. The van der Waals surface area contributed by atoms with Crippen molar-refractivity contribution < 1.29 is 14.4 Å². The Morgan fingerprint density at radius 2 is 1.83 bits per heavy atom. The molecule has 2 aromatic carbocycles. The van der Waals surface area contributed by atoms with Gasteiger partial charge in [0.2, 0.25) is 5.91 Å². The first kappa shape index (κ1) is 19.8. The van der Waals surface area contributed by atoms with Crippen molar-refractivity contribution in [3.8, 4) is 0 Å². The molecule has 6 nitrogen and oxygen atoms in total. The summed E-state index contributed by atoms with van der Waals surface area (Å²) in [7, 11) is 0. The molecule has 0 unspecified atom stereocenters. The smallest absolute Gasteiger partial charge is 0.265 e. The van der Waals surface area contributed by atoms with Crippen LogP contribution < -0.4 is 10.6 Å². The number of nitrogens with one attached hydrogen (secondary N) is 2. The Labute approximate surface area is 178 Å². The van der Waals surface area contributed by atoms with E-state index < -0.39 is 6.04 Å². The molecule has 1 atom stereocenters. The summed E-state index contributed by atoms with van der Waals surface area (Å²) in [6.45, 7) is 1.14. The van der Waals surface area contributed by atoms with Crippen molar-refractivity contribution in [1.82, 2.24) is 10.2 Å². The van der Waals surface area contributed by atoms with Crippen LogP contribution in [0.1, 0.15) is 32.0 Å². The molecule has 0 aliphatic carbocycles. The molecule has 0 radical (unpaired) electrons. The molecule has 1 saturated heterocycles. The van der Waals surface area contributed by atoms with E-state index >= 15 is 0 Å². The number of hydrogen-bond acceptors (Lipinski definition) is 4. The van der Waals surface area contributed by atoms with Crippen LogP contribution in [0.4, 0.5) is 5.69 Å². The molecule has 3 aromatic rings. The first-order chi connectivity index (χ1) is 14.6. The van der Waals surface area contributed by atoms with E-state index in [9.17, 15) is 14.4 Å². The lowest BCUT2D eigenvalue weighted by Gasteiger charge is -2.17. The molecule has 2 N–H and O–H groups in total. The van der Waals surface area contributed by atoms with Gasteiger partial charge in [-0.2, -0.15) is 0 Å². The van der Waals surface area contributed by atoms with Gasteiger partial charge in [0.25, 0.3) is 11.8 Å². The summed E-state index contributed by atoms with van der Waals surface area (Å²) < 4.78 is 0. The number of amides is 3. The average Bonchev–Trinajstić information content (AvgIpc) is 3.41. The van der Waals surface area contributed by atoms with Gasteiger partial charge < -0.3 is 15.5 Å². The molecule has 0 spiro atoms. The highest BCUT2D eigenvalue weighted by molar-refractivity contribution is 7.12. The molecule has 1 aliphatic rings. The molecule has 7 heteroatoms. The monoisotopic (exact) mass is 419 g/mol. The summed E-state index contributed by atoms with van der Waals surface area (Å²) in [6, 6.07) is 19.5. The number of likely N-dealkylation sites (tertiary alicyclic amines) is 1. The number of carbonyl (C=O) groups is 3. The van der Waals surface area contributed by atoms with Gasteiger partial charge in [-0.15, -0.1) is 11.3 Å². The number of rotatable bonds is 6. The number of benzene rings is 2. The molecule has 152 valence electrons. The van der Waals surface area contributed by atoms with Crippen LogP contribution in [0.5, 0.6) is 0 Å². The van der Waals surface area contributed by atoms with E-state index in [0.29, 0.717) is 35.6 Å². The van der Waals surface area contributed by atoms with Crippen LogP contribution in [0.3, 0.4) is 0 Å². The Morgan fingerprint density at radius 1 is 1.00 bits per heavy atom. The third kappa shape index (κ3) is 4.58. The predicted molar refractivity (Wildman–Crippen MR) is 116 cm³/mol. The van der Waals surface area contributed by atoms with Gasteiger partial charge in [0.1, 0.15) is 6.04 Å². The molecule has 1 fully saturated rings. The van der Waals surface area contributed by atoms with Gasteiger partial charge in [0.05, 0.1) is 4.88 Å². The second-order valence-corrected chi connectivity index (χ2v) is 8.02. The van der Waals surface area contributed by atoms with Crippen LogP contribution in [0.15, 0.2) is 72.1 Å². The average molecular weight is 420 g/mol. The van der Waals surface area contributed by atoms with Gasteiger partial charge in [0, 0.05) is 24.3 Å². The molecule has 0 bridgehead atoms. The highest BCUT2D eigenvalue weighted by Gasteiger charge is 2.32. The lowest BCUT2D eigenvalue weighted by atomic mass is 10.1. The molecule has 3 amide bonds. The topological polar surface area (TPSA) is 78.5 Å². The van der Waals surface area contributed by atoms with Crippen LogP contribution in [0.25, 0.3) is 0 Å². The fourth-order valence-electron chi connectivity index (χ4n) is 3.41. The number of carbonyl (C=O) groups excluding carboxylic acids is 3. The van der Waals surface area contributed by atoms with Gasteiger partial charge in [-0.3, -0.25) is 14.4 Å². The Bertz CT molecular complexity index is 1050. The summed E-state index contributed by atoms with van der Waals surface area (Å²) in [5, 5.41) is 7.45. The molecule has 0 saturated carbocycles. The third-order valence-electron chi connectivity index (χ3n) is 4.95. The Balaban J connectivity index is 1.37. The molecule has 1 aromatic heterocycles.